The maximum Gasteiger partial charge on any atom is 0.307 e. The molecule has 1 aromatic carbocycles. The lowest BCUT2D eigenvalue weighted by Crippen LogP contribution is -2.45. The van der Waals surface area contributed by atoms with Crippen molar-refractivity contribution in [2.45, 2.75) is 51.5 Å². The van der Waals surface area contributed by atoms with E-state index in [1.165, 1.54) is 24.3 Å². The van der Waals surface area contributed by atoms with Gasteiger partial charge in [0, 0.05) is 31.0 Å². The van der Waals surface area contributed by atoms with Gasteiger partial charge < -0.3 is 9.64 Å². The van der Waals surface area contributed by atoms with Crippen molar-refractivity contribution in [3.8, 4) is 0 Å². The number of hydrogen-bond acceptors (Lipinski definition) is 4. The van der Waals surface area contributed by atoms with E-state index in [0.29, 0.717) is 18.7 Å². The second-order valence-corrected chi connectivity index (χ2v) is 6.18. The molecule has 1 saturated heterocycles. The van der Waals surface area contributed by atoms with Gasteiger partial charge in [0.25, 0.3) is 0 Å². The molecule has 0 N–H and O–H groups in total. The minimum absolute atomic E-state index is 0.0765. The molecule has 136 valence electrons. The quantitative estimate of drug-likeness (QED) is 0.560. The summed E-state index contributed by atoms with van der Waals surface area (Å²) in [5.74, 6) is -1.01. The van der Waals surface area contributed by atoms with Gasteiger partial charge in [-0.15, -0.1) is 0 Å². The zero-order valence-electron chi connectivity index (χ0n) is 14.5. The predicted octanol–water partition coefficient (Wildman–Crippen LogP) is 3.12. The SMILES string of the molecule is CCOC(=O)CC1CCCCN1C(=O)CCC(=O)c1ccc(F)cc1. The van der Waals surface area contributed by atoms with Crippen LogP contribution in [0.4, 0.5) is 4.39 Å². The number of nitrogens with zero attached hydrogens (tertiary/aromatic N) is 1. The number of rotatable bonds is 7. The Balaban J connectivity index is 1.89. The average molecular weight is 349 g/mol. The van der Waals surface area contributed by atoms with Crippen LogP contribution in [0.25, 0.3) is 0 Å². The highest BCUT2D eigenvalue weighted by molar-refractivity contribution is 5.98. The molecule has 1 aliphatic rings. The molecule has 1 heterocycles. The first kappa shape index (κ1) is 19.1. The molecule has 0 radical (unpaired) electrons. The summed E-state index contributed by atoms with van der Waals surface area (Å²) in [6.45, 7) is 2.68. The Kier molecular flexibility index (Phi) is 7.10. The Morgan fingerprint density at radius 2 is 1.88 bits per heavy atom. The van der Waals surface area contributed by atoms with E-state index in [-0.39, 0.29) is 43.0 Å². The number of halogens is 1. The molecule has 1 amide bonds. The van der Waals surface area contributed by atoms with Gasteiger partial charge in [-0.05, 0) is 50.5 Å². The summed E-state index contributed by atoms with van der Waals surface area (Å²) in [5.41, 5.74) is 0.399. The van der Waals surface area contributed by atoms with Crippen molar-refractivity contribution in [2.24, 2.45) is 0 Å². The van der Waals surface area contributed by atoms with Crippen LogP contribution in [-0.2, 0) is 14.3 Å². The van der Waals surface area contributed by atoms with Crippen LogP contribution in [0.3, 0.4) is 0 Å². The molecule has 25 heavy (non-hydrogen) atoms. The van der Waals surface area contributed by atoms with Crippen molar-refractivity contribution in [1.29, 1.82) is 0 Å². The third kappa shape index (κ3) is 5.66. The van der Waals surface area contributed by atoms with E-state index in [2.05, 4.69) is 0 Å². The Labute approximate surface area is 147 Å². The van der Waals surface area contributed by atoms with E-state index >= 15 is 0 Å². The van der Waals surface area contributed by atoms with Gasteiger partial charge in [0.15, 0.2) is 5.78 Å². The van der Waals surface area contributed by atoms with Crippen LogP contribution < -0.4 is 0 Å². The molecule has 2 rings (SSSR count). The van der Waals surface area contributed by atoms with Crippen molar-refractivity contribution in [1.82, 2.24) is 4.90 Å². The average Bonchev–Trinajstić information content (AvgIpc) is 2.60. The van der Waals surface area contributed by atoms with Crippen LogP contribution in [-0.4, -0.2) is 41.8 Å². The number of hydrogen-bond donors (Lipinski definition) is 0. The van der Waals surface area contributed by atoms with Gasteiger partial charge in [0.05, 0.1) is 13.0 Å². The number of benzene rings is 1. The fraction of sp³-hybridized carbons (Fsp3) is 0.526. The summed E-state index contributed by atoms with van der Waals surface area (Å²) < 4.78 is 17.9. The maximum atomic E-state index is 12.9. The lowest BCUT2D eigenvalue weighted by Gasteiger charge is -2.35. The molecule has 1 atom stereocenters. The monoisotopic (exact) mass is 349 g/mol. The summed E-state index contributed by atoms with van der Waals surface area (Å²) in [7, 11) is 0. The van der Waals surface area contributed by atoms with Gasteiger partial charge in [0.1, 0.15) is 5.82 Å². The van der Waals surface area contributed by atoms with E-state index in [0.717, 1.165) is 19.3 Å². The topological polar surface area (TPSA) is 63.7 Å². The third-order valence-electron chi connectivity index (χ3n) is 4.39. The summed E-state index contributed by atoms with van der Waals surface area (Å²) in [4.78, 5) is 38.0. The molecule has 0 spiro atoms. The number of carbonyl (C=O) groups excluding carboxylic acids is 3. The Bertz CT molecular complexity index is 614. The fourth-order valence-corrected chi connectivity index (χ4v) is 3.10. The number of ether oxygens (including phenoxy) is 1. The molecule has 0 bridgehead atoms. The highest BCUT2D eigenvalue weighted by Gasteiger charge is 2.29. The van der Waals surface area contributed by atoms with Gasteiger partial charge >= 0.3 is 5.97 Å². The molecule has 1 unspecified atom stereocenters. The largest absolute Gasteiger partial charge is 0.466 e. The van der Waals surface area contributed by atoms with E-state index in [1.54, 1.807) is 11.8 Å². The summed E-state index contributed by atoms with van der Waals surface area (Å²) in [6.07, 6.45) is 3.02. The first-order chi connectivity index (χ1) is 12.0. The minimum Gasteiger partial charge on any atom is -0.466 e. The van der Waals surface area contributed by atoms with Crippen LogP contribution in [0, 0.1) is 5.82 Å². The molecule has 6 heteroatoms. The van der Waals surface area contributed by atoms with Crippen molar-refractivity contribution in [3.63, 3.8) is 0 Å². The van der Waals surface area contributed by atoms with Gasteiger partial charge in [-0.1, -0.05) is 0 Å². The number of Topliss-reactive ketones (excluding diaryl/α,β-unsaturated/α-hetero) is 1. The van der Waals surface area contributed by atoms with Crippen molar-refractivity contribution >= 4 is 17.7 Å². The number of ketones is 1. The molecule has 1 aliphatic heterocycles. The highest BCUT2D eigenvalue weighted by atomic mass is 19.1. The number of amides is 1. The van der Waals surface area contributed by atoms with Crippen molar-refractivity contribution in [2.75, 3.05) is 13.2 Å². The van der Waals surface area contributed by atoms with E-state index in [1.807, 2.05) is 0 Å². The molecule has 1 fully saturated rings. The molecule has 0 aliphatic carbocycles. The van der Waals surface area contributed by atoms with Gasteiger partial charge in [-0.2, -0.15) is 0 Å². The summed E-state index contributed by atoms with van der Waals surface area (Å²) in [6, 6.07) is 5.16. The van der Waals surface area contributed by atoms with Crippen LogP contribution in [0.1, 0.15) is 55.8 Å². The first-order valence-corrected chi connectivity index (χ1v) is 8.75. The maximum absolute atomic E-state index is 12.9. The molecule has 1 aromatic rings. The van der Waals surface area contributed by atoms with Crippen LogP contribution in [0.15, 0.2) is 24.3 Å². The molecule has 0 saturated carbocycles. The van der Waals surface area contributed by atoms with Gasteiger partial charge in [0.2, 0.25) is 5.91 Å². The minimum atomic E-state index is -0.400. The smallest absolute Gasteiger partial charge is 0.307 e. The van der Waals surface area contributed by atoms with Crippen LogP contribution >= 0.6 is 0 Å². The van der Waals surface area contributed by atoms with Crippen LogP contribution in [0.5, 0.6) is 0 Å². The lowest BCUT2D eigenvalue weighted by molar-refractivity contribution is -0.146. The normalized spacial score (nSPS) is 17.2. The summed E-state index contributed by atoms with van der Waals surface area (Å²) in [5, 5.41) is 0. The van der Waals surface area contributed by atoms with Gasteiger partial charge in [-0.25, -0.2) is 4.39 Å². The zero-order valence-corrected chi connectivity index (χ0v) is 14.5. The van der Waals surface area contributed by atoms with E-state index in [9.17, 15) is 18.8 Å². The third-order valence-corrected chi connectivity index (χ3v) is 4.39. The highest BCUT2D eigenvalue weighted by Crippen LogP contribution is 2.22. The molecule has 5 nitrogen and oxygen atoms in total. The molecular formula is C19H24FNO4. The Hall–Kier alpha value is -2.24. The number of piperidine rings is 1. The number of esters is 1. The predicted molar refractivity (Wildman–Crippen MR) is 90.6 cm³/mol. The Morgan fingerprint density at radius 3 is 2.56 bits per heavy atom. The molecular weight excluding hydrogens is 325 g/mol. The second-order valence-electron chi connectivity index (χ2n) is 6.18. The standard InChI is InChI=1S/C19H24FNO4/c1-2-25-19(24)13-16-5-3-4-12-21(16)18(23)11-10-17(22)14-6-8-15(20)9-7-14/h6-9,16H,2-5,10-13H2,1H3. The summed E-state index contributed by atoms with van der Waals surface area (Å²) >= 11 is 0. The van der Waals surface area contributed by atoms with Crippen LogP contribution in [0.2, 0.25) is 0 Å². The lowest BCUT2D eigenvalue weighted by atomic mass is 9.98. The van der Waals surface area contributed by atoms with Gasteiger partial charge in [-0.3, -0.25) is 14.4 Å². The van der Waals surface area contributed by atoms with E-state index < -0.39 is 5.82 Å². The first-order valence-electron chi connectivity index (χ1n) is 8.75. The Morgan fingerprint density at radius 1 is 1.16 bits per heavy atom. The van der Waals surface area contributed by atoms with Crippen molar-refractivity contribution in [3.05, 3.63) is 35.6 Å². The number of carbonyl (C=O) groups is 3. The molecule has 0 aromatic heterocycles. The fourth-order valence-electron chi connectivity index (χ4n) is 3.10. The number of likely N-dealkylation sites (tertiary alicyclic amines) is 1. The van der Waals surface area contributed by atoms with Crippen molar-refractivity contribution < 1.29 is 23.5 Å². The second kappa shape index (κ2) is 9.30. The zero-order chi connectivity index (χ0) is 18.2. The van der Waals surface area contributed by atoms with E-state index in [4.69, 9.17) is 4.74 Å².